The third-order valence-electron chi connectivity index (χ3n) is 3.49. The molecule has 1 heterocycles. The monoisotopic (exact) mass is 313 g/mol. The van der Waals surface area contributed by atoms with Gasteiger partial charge >= 0.3 is 12.1 Å². The van der Waals surface area contributed by atoms with Crippen LogP contribution in [0.2, 0.25) is 0 Å². The molecule has 2 rings (SSSR count). The van der Waals surface area contributed by atoms with Crippen molar-refractivity contribution in [2.45, 2.75) is 32.8 Å². The molecule has 1 aromatic carbocycles. The van der Waals surface area contributed by atoms with Gasteiger partial charge in [0.1, 0.15) is 13.4 Å². The van der Waals surface area contributed by atoms with Gasteiger partial charge in [0.05, 0.1) is 12.1 Å². The average Bonchev–Trinajstić information content (AvgIpc) is 2.44. The van der Waals surface area contributed by atoms with Crippen molar-refractivity contribution in [2.75, 3.05) is 13.1 Å². The maximum absolute atomic E-state index is 12.1. The molecule has 2 radical (unpaired) electrons. The number of hydrogen-bond donors (Lipinski definition) is 1. The van der Waals surface area contributed by atoms with E-state index in [9.17, 15) is 14.7 Å². The third kappa shape index (κ3) is 4.37. The zero-order chi connectivity index (χ0) is 17.2. The van der Waals surface area contributed by atoms with E-state index in [0.717, 1.165) is 5.56 Å². The van der Waals surface area contributed by atoms with Crippen molar-refractivity contribution in [2.24, 2.45) is 0 Å². The minimum absolute atomic E-state index is 0.0222. The maximum atomic E-state index is 12.1. The first-order valence-corrected chi connectivity index (χ1v) is 7.46. The van der Waals surface area contributed by atoms with E-state index < -0.39 is 17.7 Å². The Labute approximate surface area is 137 Å². The minimum atomic E-state index is -1.03. The molecule has 120 valence electrons. The van der Waals surface area contributed by atoms with Gasteiger partial charge in [-0.25, -0.2) is 9.59 Å². The summed E-state index contributed by atoms with van der Waals surface area (Å²) in [5.41, 5.74) is 1.66. The number of carbonyl (C=O) groups is 2. The van der Waals surface area contributed by atoms with Crippen molar-refractivity contribution in [3.8, 4) is 0 Å². The standard InChI is InChI=1S/C17H20BNO4/c1-17(2,3)23-16(22)19-8-7-13(14(10-19)15(20)21)11-5-4-6-12(18)9-11/h4-6,9H,7-8,10H2,1-3H3,(H,20,21). The molecule has 1 aromatic rings. The molecule has 0 atom stereocenters. The van der Waals surface area contributed by atoms with Gasteiger partial charge in [-0.05, 0) is 38.3 Å². The lowest BCUT2D eigenvalue weighted by Crippen LogP contribution is -2.41. The van der Waals surface area contributed by atoms with Crippen LogP contribution in [0.3, 0.4) is 0 Å². The van der Waals surface area contributed by atoms with Crippen LogP contribution in [0.1, 0.15) is 32.8 Å². The van der Waals surface area contributed by atoms with Gasteiger partial charge in [0.15, 0.2) is 0 Å². The Morgan fingerprint density at radius 1 is 1.30 bits per heavy atom. The van der Waals surface area contributed by atoms with E-state index in [1.165, 1.54) is 4.90 Å². The SMILES string of the molecule is [B]c1cccc(C2=C(C(=O)O)CN(C(=O)OC(C)(C)C)CC2)c1. The zero-order valence-corrected chi connectivity index (χ0v) is 13.6. The molecular formula is C17H20BNO4. The van der Waals surface area contributed by atoms with E-state index in [2.05, 4.69) is 0 Å². The number of amides is 1. The number of ether oxygens (including phenoxy) is 1. The van der Waals surface area contributed by atoms with Gasteiger partial charge in [0.2, 0.25) is 0 Å². The Bertz CT molecular complexity index is 661. The van der Waals surface area contributed by atoms with Crippen molar-refractivity contribution in [1.82, 2.24) is 4.90 Å². The first kappa shape index (κ1) is 17.1. The summed E-state index contributed by atoms with van der Waals surface area (Å²) >= 11 is 0. The highest BCUT2D eigenvalue weighted by molar-refractivity contribution is 6.32. The number of benzene rings is 1. The van der Waals surface area contributed by atoms with Crippen LogP contribution in [-0.4, -0.2) is 48.6 Å². The van der Waals surface area contributed by atoms with E-state index in [4.69, 9.17) is 12.6 Å². The molecule has 1 N–H and O–H groups in total. The molecule has 1 amide bonds. The van der Waals surface area contributed by atoms with E-state index >= 15 is 0 Å². The lowest BCUT2D eigenvalue weighted by molar-refractivity contribution is -0.132. The topological polar surface area (TPSA) is 66.8 Å². The molecule has 1 aliphatic rings. The second-order valence-electron chi connectivity index (χ2n) is 6.54. The van der Waals surface area contributed by atoms with Gasteiger partial charge in [0, 0.05) is 6.54 Å². The van der Waals surface area contributed by atoms with Crippen molar-refractivity contribution < 1.29 is 19.4 Å². The van der Waals surface area contributed by atoms with Crippen molar-refractivity contribution in [3.05, 3.63) is 35.4 Å². The fourth-order valence-corrected chi connectivity index (χ4v) is 2.49. The second-order valence-corrected chi connectivity index (χ2v) is 6.54. The summed E-state index contributed by atoms with van der Waals surface area (Å²) in [7, 11) is 5.78. The number of carboxylic acids is 1. The van der Waals surface area contributed by atoms with Gasteiger partial charge in [-0.2, -0.15) is 0 Å². The zero-order valence-electron chi connectivity index (χ0n) is 13.6. The van der Waals surface area contributed by atoms with E-state index in [1.54, 1.807) is 39.0 Å². The normalized spacial score (nSPS) is 15.5. The molecule has 6 heteroatoms. The van der Waals surface area contributed by atoms with Crippen molar-refractivity contribution >= 4 is 30.9 Å². The Balaban J connectivity index is 2.28. The van der Waals surface area contributed by atoms with Crippen LogP contribution in [0.25, 0.3) is 5.57 Å². The predicted molar refractivity (Wildman–Crippen MR) is 88.8 cm³/mol. The summed E-state index contributed by atoms with van der Waals surface area (Å²) in [5.74, 6) is -1.03. The second kappa shape index (κ2) is 6.48. The predicted octanol–water partition coefficient (Wildman–Crippen LogP) is 1.96. The largest absolute Gasteiger partial charge is 0.478 e. The molecular weight excluding hydrogens is 293 g/mol. The molecule has 23 heavy (non-hydrogen) atoms. The molecule has 0 unspecified atom stereocenters. The molecule has 5 nitrogen and oxygen atoms in total. The summed E-state index contributed by atoms with van der Waals surface area (Å²) in [6.07, 6.45) is -0.0486. The number of nitrogens with zero attached hydrogens (tertiary/aromatic N) is 1. The van der Waals surface area contributed by atoms with E-state index in [-0.39, 0.29) is 12.1 Å². The summed E-state index contributed by atoms with van der Waals surface area (Å²) in [4.78, 5) is 25.2. The number of rotatable bonds is 2. The Morgan fingerprint density at radius 3 is 2.57 bits per heavy atom. The van der Waals surface area contributed by atoms with Crippen LogP contribution in [0.5, 0.6) is 0 Å². The van der Waals surface area contributed by atoms with Crippen LogP contribution in [0.15, 0.2) is 29.8 Å². The third-order valence-corrected chi connectivity index (χ3v) is 3.49. The van der Waals surface area contributed by atoms with Gasteiger partial charge in [-0.1, -0.05) is 29.7 Å². The first-order chi connectivity index (χ1) is 10.7. The van der Waals surface area contributed by atoms with Crippen LogP contribution < -0.4 is 5.46 Å². The van der Waals surface area contributed by atoms with Crippen molar-refractivity contribution in [3.63, 3.8) is 0 Å². The van der Waals surface area contributed by atoms with Crippen LogP contribution >= 0.6 is 0 Å². The molecule has 0 aromatic heterocycles. The van der Waals surface area contributed by atoms with Crippen LogP contribution in [0, 0.1) is 0 Å². The summed E-state index contributed by atoms with van der Waals surface area (Å²) in [6.45, 7) is 5.77. The Morgan fingerprint density at radius 2 is 2.00 bits per heavy atom. The van der Waals surface area contributed by atoms with Crippen LogP contribution in [0.4, 0.5) is 4.79 Å². The Kier molecular flexibility index (Phi) is 4.83. The number of carboxylic acid groups (broad SMARTS) is 1. The number of carbonyl (C=O) groups excluding carboxylic acids is 1. The van der Waals surface area contributed by atoms with E-state index in [0.29, 0.717) is 24.0 Å². The highest BCUT2D eigenvalue weighted by Crippen LogP contribution is 2.28. The number of aliphatic carboxylic acids is 1. The lowest BCUT2D eigenvalue weighted by atomic mass is 9.88. The molecule has 0 saturated carbocycles. The molecule has 0 spiro atoms. The van der Waals surface area contributed by atoms with Gasteiger partial charge in [-0.3, -0.25) is 0 Å². The van der Waals surface area contributed by atoms with Crippen LogP contribution in [-0.2, 0) is 9.53 Å². The summed E-state index contributed by atoms with van der Waals surface area (Å²) in [6, 6.07) is 7.12. The van der Waals surface area contributed by atoms with Gasteiger partial charge < -0.3 is 14.7 Å². The molecule has 1 aliphatic heterocycles. The summed E-state index contributed by atoms with van der Waals surface area (Å²) < 4.78 is 5.32. The quantitative estimate of drug-likeness (QED) is 0.848. The highest BCUT2D eigenvalue weighted by Gasteiger charge is 2.30. The highest BCUT2D eigenvalue weighted by atomic mass is 16.6. The molecule has 0 aliphatic carbocycles. The fraction of sp³-hybridized carbons (Fsp3) is 0.412. The maximum Gasteiger partial charge on any atom is 0.410 e. The van der Waals surface area contributed by atoms with Crippen molar-refractivity contribution in [1.29, 1.82) is 0 Å². The number of hydrogen-bond acceptors (Lipinski definition) is 3. The minimum Gasteiger partial charge on any atom is -0.478 e. The first-order valence-electron chi connectivity index (χ1n) is 7.46. The van der Waals surface area contributed by atoms with Gasteiger partial charge in [-0.15, -0.1) is 0 Å². The van der Waals surface area contributed by atoms with E-state index in [1.807, 2.05) is 6.07 Å². The molecule has 0 fully saturated rings. The fourth-order valence-electron chi connectivity index (χ4n) is 2.49. The smallest absolute Gasteiger partial charge is 0.410 e. The van der Waals surface area contributed by atoms with Gasteiger partial charge in [0.25, 0.3) is 0 Å². The molecule has 0 bridgehead atoms. The Hall–Kier alpha value is -2.24. The summed E-state index contributed by atoms with van der Waals surface area (Å²) in [5, 5.41) is 9.50. The molecule has 0 saturated heterocycles. The lowest BCUT2D eigenvalue weighted by Gasteiger charge is -2.31. The average molecular weight is 313 g/mol.